The number of rotatable bonds is 2. The van der Waals surface area contributed by atoms with Gasteiger partial charge in [-0.05, 0) is 25.5 Å². The van der Waals surface area contributed by atoms with E-state index in [4.69, 9.17) is 4.74 Å². The van der Waals surface area contributed by atoms with E-state index in [9.17, 15) is 13.2 Å². The van der Waals surface area contributed by atoms with Crippen molar-refractivity contribution in [3.8, 4) is 0 Å². The van der Waals surface area contributed by atoms with Crippen molar-refractivity contribution in [2.75, 3.05) is 12.9 Å². The number of fused-ring (bicyclic) bond motifs is 1. The summed E-state index contributed by atoms with van der Waals surface area (Å²) in [6, 6.07) is 0. The Hall–Kier alpha value is -1.83. The molecule has 0 saturated carbocycles. The molecule has 0 aromatic carbocycles. The lowest BCUT2D eigenvalue weighted by molar-refractivity contribution is -0.138. The molecular formula is C11H15N3O4S. The van der Waals surface area contributed by atoms with Crippen molar-refractivity contribution in [1.29, 1.82) is 0 Å². The van der Waals surface area contributed by atoms with Gasteiger partial charge in [-0.1, -0.05) is 0 Å². The van der Waals surface area contributed by atoms with Crippen LogP contribution in [0.4, 0.5) is 0 Å². The van der Waals surface area contributed by atoms with E-state index >= 15 is 0 Å². The fourth-order valence-corrected chi connectivity index (χ4v) is 2.34. The van der Waals surface area contributed by atoms with Crippen molar-refractivity contribution in [3.05, 3.63) is 23.4 Å². The second-order valence-electron chi connectivity index (χ2n) is 4.25. The fourth-order valence-electron chi connectivity index (χ4n) is 1.77. The third kappa shape index (κ3) is 2.62. The molecule has 2 rings (SSSR count). The Morgan fingerprint density at radius 1 is 1.58 bits per heavy atom. The highest BCUT2D eigenvalue weighted by Crippen LogP contribution is 2.24. The molecule has 0 aliphatic carbocycles. The van der Waals surface area contributed by atoms with Crippen LogP contribution in [0.2, 0.25) is 0 Å². The predicted molar refractivity (Wildman–Crippen MR) is 69.5 cm³/mol. The summed E-state index contributed by atoms with van der Waals surface area (Å²) in [5, 5.41) is 1.36. The lowest BCUT2D eigenvalue weighted by Gasteiger charge is -2.25. The van der Waals surface area contributed by atoms with E-state index in [1.165, 1.54) is 11.2 Å². The molecular weight excluding hydrogens is 270 g/mol. The van der Waals surface area contributed by atoms with Crippen LogP contribution in [0.1, 0.15) is 13.8 Å². The van der Waals surface area contributed by atoms with Gasteiger partial charge in [-0.25, -0.2) is 18.2 Å². The van der Waals surface area contributed by atoms with Crippen LogP contribution in [-0.4, -0.2) is 43.6 Å². The smallest absolute Gasteiger partial charge is 0.339 e. The van der Waals surface area contributed by atoms with E-state index in [-0.39, 0.29) is 11.8 Å². The average Bonchev–Trinajstić information content (AvgIpc) is 2.70. The number of carbonyl (C=O) groups excluding carboxylic acids is 1. The van der Waals surface area contributed by atoms with E-state index < -0.39 is 22.0 Å². The number of hydrazine groups is 1. The van der Waals surface area contributed by atoms with Gasteiger partial charge in [0.15, 0.2) is 6.17 Å². The quantitative estimate of drug-likeness (QED) is 0.715. The number of ether oxygens (including phenoxy) is 1. The van der Waals surface area contributed by atoms with Crippen LogP contribution in [-0.2, 0) is 19.4 Å². The van der Waals surface area contributed by atoms with Crippen LogP contribution in [0.5, 0.6) is 0 Å². The molecule has 2 aliphatic heterocycles. The molecule has 19 heavy (non-hydrogen) atoms. The number of amidine groups is 1. The summed E-state index contributed by atoms with van der Waals surface area (Å²) in [4.78, 5) is 15.8. The van der Waals surface area contributed by atoms with Crippen LogP contribution in [0.3, 0.4) is 0 Å². The molecule has 2 aliphatic rings. The first kappa shape index (κ1) is 13.6. The van der Waals surface area contributed by atoms with Gasteiger partial charge in [-0.15, -0.1) is 0 Å². The van der Waals surface area contributed by atoms with E-state index in [1.54, 1.807) is 19.9 Å². The summed E-state index contributed by atoms with van der Waals surface area (Å²) in [5.74, 6) is -0.440. The van der Waals surface area contributed by atoms with Gasteiger partial charge in [0.2, 0.25) is 15.0 Å². The van der Waals surface area contributed by atoms with Crippen LogP contribution < -0.4 is 5.43 Å². The molecule has 0 aromatic heterocycles. The maximum atomic E-state index is 11.7. The predicted octanol–water partition coefficient (Wildman–Crippen LogP) is -0.0598. The first-order chi connectivity index (χ1) is 8.82. The summed E-state index contributed by atoms with van der Waals surface area (Å²) in [6.07, 6.45) is 3.84. The highest BCUT2D eigenvalue weighted by Gasteiger charge is 2.32. The Balaban J connectivity index is 2.27. The molecule has 0 bridgehead atoms. The van der Waals surface area contributed by atoms with E-state index in [2.05, 4.69) is 10.4 Å². The number of carbonyl (C=O) groups is 1. The summed E-state index contributed by atoms with van der Waals surface area (Å²) in [6.45, 7) is 3.77. The van der Waals surface area contributed by atoms with Crippen LogP contribution in [0.15, 0.2) is 28.4 Å². The first-order valence-electron chi connectivity index (χ1n) is 5.73. The highest BCUT2D eigenvalue weighted by molar-refractivity contribution is 8.05. The Bertz CT molecular complexity index is 603. The SMILES string of the molecule is CCOC(=O)C1=CN2NC(S(C)(=O)=O)=NC2C=C1C. The van der Waals surface area contributed by atoms with Gasteiger partial charge in [0.05, 0.1) is 12.2 Å². The Morgan fingerprint density at radius 3 is 2.84 bits per heavy atom. The van der Waals surface area contributed by atoms with Crippen LogP contribution >= 0.6 is 0 Å². The third-order valence-corrected chi connectivity index (χ3v) is 3.60. The van der Waals surface area contributed by atoms with Gasteiger partial charge in [-0.2, -0.15) is 0 Å². The Kier molecular flexibility index (Phi) is 3.36. The zero-order valence-corrected chi connectivity index (χ0v) is 11.7. The lowest BCUT2D eigenvalue weighted by atomic mass is 10.1. The van der Waals surface area contributed by atoms with Crippen LogP contribution in [0.25, 0.3) is 0 Å². The summed E-state index contributed by atoms with van der Waals surface area (Å²) >= 11 is 0. The maximum Gasteiger partial charge on any atom is 0.339 e. The Labute approximate surface area is 111 Å². The zero-order chi connectivity index (χ0) is 14.2. The number of sulfone groups is 1. The minimum Gasteiger partial charge on any atom is -0.462 e. The zero-order valence-electron chi connectivity index (χ0n) is 10.9. The molecule has 7 nitrogen and oxygen atoms in total. The second kappa shape index (κ2) is 4.69. The molecule has 0 aromatic rings. The average molecular weight is 285 g/mol. The standard InChI is InChI=1S/C11H15N3O4S/c1-4-18-10(15)8-6-14-9(5-7(8)2)12-11(13-14)19(3,16)17/h5-6,9H,4H2,1-3H3,(H,12,13). The third-order valence-electron chi connectivity index (χ3n) is 2.70. The van der Waals surface area contributed by atoms with Crippen molar-refractivity contribution < 1.29 is 17.9 Å². The molecule has 1 unspecified atom stereocenters. The molecule has 1 N–H and O–H groups in total. The molecule has 0 radical (unpaired) electrons. The van der Waals surface area contributed by atoms with Crippen molar-refractivity contribution in [3.63, 3.8) is 0 Å². The number of esters is 1. The summed E-state index contributed by atoms with van der Waals surface area (Å²) in [5.41, 5.74) is 3.74. The molecule has 1 atom stereocenters. The lowest BCUT2D eigenvalue weighted by Crippen LogP contribution is -2.40. The normalized spacial score (nSPS) is 21.9. The first-order valence-corrected chi connectivity index (χ1v) is 7.62. The largest absolute Gasteiger partial charge is 0.462 e. The van der Waals surface area contributed by atoms with Crippen molar-refractivity contribution >= 4 is 21.0 Å². The van der Waals surface area contributed by atoms with Crippen molar-refractivity contribution in [2.24, 2.45) is 4.99 Å². The van der Waals surface area contributed by atoms with E-state index in [1.807, 2.05) is 0 Å². The van der Waals surface area contributed by atoms with Gasteiger partial charge < -0.3 is 4.74 Å². The minimum atomic E-state index is -3.40. The van der Waals surface area contributed by atoms with Gasteiger partial charge >= 0.3 is 5.97 Å². The molecule has 0 fully saturated rings. The second-order valence-corrected chi connectivity index (χ2v) is 6.18. The molecule has 8 heteroatoms. The van der Waals surface area contributed by atoms with Gasteiger partial charge in [0.1, 0.15) is 0 Å². The number of hydrogen-bond donors (Lipinski definition) is 1. The molecule has 104 valence electrons. The molecule has 0 saturated heterocycles. The monoisotopic (exact) mass is 285 g/mol. The minimum absolute atomic E-state index is 0.108. The molecule has 0 amide bonds. The van der Waals surface area contributed by atoms with Gasteiger partial charge in [0.25, 0.3) is 0 Å². The number of hydrogen-bond acceptors (Lipinski definition) is 7. The van der Waals surface area contributed by atoms with Crippen molar-refractivity contribution in [2.45, 2.75) is 20.0 Å². The van der Waals surface area contributed by atoms with Crippen molar-refractivity contribution in [1.82, 2.24) is 10.4 Å². The number of nitrogens with one attached hydrogen (secondary N) is 1. The summed E-state index contributed by atoms with van der Waals surface area (Å²) < 4.78 is 27.8. The number of aliphatic imine (C=N–C) groups is 1. The van der Waals surface area contributed by atoms with Crippen LogP contribution in [0, 0.1) is 0 Å². The maximum absolute atomic E-state index is 11.7. The molecule has 2 heterocycles. The molecule has 0 spiro atoms. The number of nitrogens with zero attached hydrogens (tertiary/aromatic N) is 2. The topological polar surface area (TPSA) is 88.1 Å². The van der Waals surface area contributed by atoms with E-state index in [0.717, 1.165) is 6.26 Å². The van der Waals surface area contributed by atoms with E-state index in [0.29, 0.717) is 11.1 Å². The Morgan fingerprint density at radius 2 is 2.26 bits per heavy atom. The summed E-state index contributed by atoms with van der Waals surface area (Å²) in [7, 11) is -3.40. The fraction of sp³-hybridized carbons (Fsp3) is 0.455. The highest BCUT2D eigenvalue weighted by atomic mass is 32.2. The van der Waals surface area contributed by atoms with Gasteiger partial charge in [0, 0.05) is 12.5 Å². The van der Waals surface area contributed by atoms with Gasteiger partial charge in [-0.3, -0.25) is 10.4 Å².